The average Bonchev–Trinajstić information content (AvgIpc) is 2.95. The van der Waals surface area contributed by atoms with Crippen molar-refractivity contribution in [3.8, 4) is 0 Å². The number of carbonyl (C=O) groups is 1. The minimum atomic E-state index is -0.468. The van der Waals surface area contributed by atoms with E-state index in [1.54, 1.807) is 18.3 Å². The summed E-state index contributed by atoms with van der Waals surface area (Å²) < 4.78 is 10.1. The molecule has 1 N–H and O–H groups in total. The van der Waals surface area contributed by atoms with Gasteiger partial charge in [-0.15, -0.1) is 0 Å². The van der Waals surface area contributed by atoms with Crippen LogP contribution in [0.1, 0.15) is 40.5 Å². The second kappa shape index (κ2) is 6.34. The summed E-state index contributed by atoms with van der Waals surface area (Å²) in [4.78, 5) is 15.7. The largest absolute Gasteiger partial charge is 0.463 e. The van der Waals surface area contributed by atoms with E-state index in [4.69, 9.17) is 4.42 Å². The maximum Gasteiger partial charge on any atom is 0.373 e. The van der Waals surface area contributed by atoms with Crippen LogP contribution >= 0.6 is 0 Å². The maximum absolute atomic E-state index is 11.3. The van der Waals surface area contributed by atoms with Crippen LogP contribution in [0.2, 0.25) is 0 Å². The first-order valence-corrected chi connectivity index (χ1v) is 6.43. The summed E-state index contributed by atoms with van der Waals surface area (Å²) in [5.41, 5.74) is 2.14. The predicted octanol–water partition coefficient (Wildman–Crippen LogP) is 2.62. The van der Waals surface area contributed by atoms with E-state index >= 15 is 0 Å². The molecule has 0 saturated carbocycles. The van der Waals surface area contributed by atoms with Crippen LogP contribution in [0.15, 0.2) is 34.9 Å². The first-order valence-electron chi connectivity index (χ1n) is 6.43. The Labute approximate surface area is 118 Å². The third-order valence-electron chi connectivity index (χ3n) is 3.13. The molecule has 2 heterocycles. The Hall–Kier alpha value is -2.14. The first-order chi connectivity index (χ1) is 9.61. The summed E-state index contributed by atoms with van der Waals surface area (Å²) in [6, 6.07) is 7.31. The van der Waals surface area contributed by atoms with Gasteiger partial charge < -0.3 is 14.5 Å². The number of aromatic nitrogens is 1. The topological polar surface area (TPSA) is 64.4 Å². The Morgan fingerprint density at radius 2 is 2.25 bits per heavy atom. The zero-order chi connectivity index (χ0) is 14.5. The molecule has 0 aromatic carbocycles. The molecule has 20 heavy (non-hydrogen) atoms. The van der Waals surface area contributed by atoms with Gasteiger partial charge in [0.05, 0.1) is 18.8 Å². The van der Waals surface area contributed by atoms with Gasteiger partial charge in [0.25, 0.3) is 0 Å². The highest BCUT2D eigenvalue weighted by Crippen LogP contribution is 2.17. The number of nitrogens with zero attached hydrogens (tertiary/aromatic N) is 1. The van der Waals surface area contributed by atoms with Gasteiger partial charge in [0.15, 0.2) is 0 Å². The van der Waals surface area contributed by atoms with Crippen LogP contribution in [0.3, 0.4) is 0 Å². The van der Waals surface area contributed by atoms with Crippen LogP contribution in [0.5, 0.6) is 0 Å². The van der Waals surface area contributed by atoms with Crippen molar-refractivity contribution in [2.75, 3.05) is 7.11 Å². The van der Waals surface area contributed by atoms with Gasteiger partial charge in [-0.2, -0.15) is 0 Å². The van der Waals surface area contributed by atoms with Gasteiger partial charge in [-0.25, -0.2) is 4.79 Å². The number of furan rings is 1. The number of rotatable bonds is 5. The summed E-state index contributed by atoms with van der Waals surface area (Å²) in [5, 5.41) is 3.32. The van der Waals surface area contributed by atoms with Gasteiger partial charge in [0, 0.05) is 12.7 Å². The molecule has 0 aliphatic rings. The fourth-order valence-corrected chi connectivity index (χ4v) is 1.85. The van der Waals surface area contributed by atoms with Crippen molar-refractivity contribution in [1.82, 2.24) is 10.3 Å². The SMILES string of the molecule is COC(=O)c1ccc(C(C)NCc2ncccc2C)o1. The van der Waals surface area contributed by atoms with Crippen molar-refractivity contribution in [2.45, 2.75) is 26.4 Å². The Morgan fingerprint density at radius 3 is 2.95 bits per heavy atom. The molecule has 0 aliphatic heterocycles. The highest BCUT2D eigenvalue weighted by Gasteiger charge is 2.15. The zero-order valence-corrected chi connectivity index (χ0v) is 11.8. The highest BCUT2D eigenvalue weighted by atomic mass is 16.5. The van der Waals surface area contributed by atoms with Crippen molar-refractivity contribution in [3.63, 3.8) is 0 Å². The molecule has 0 amide bonds. The van der Waals surface area contributed by atoms with E-state index in [9.17, 15) is 4.79 Å². The molecule has 2 rings (SSSR count). The zero-order valence-electron chi connectivity index (χ0n) is 11.8. The monoisotopic (exact) mass is 274 g/mol. The van der Waals surface area contributed by atoms with Crippen LogP contribution < -0.4 is 5.32 Å². The normalized spacial score (nSPS) is 12.2. The first kappa shape index (κ1) is 14.3. The molecule has 1 atom stereocenters. The van der Waals surface area contributed by atoms with Crippen LogP contribution in [0.4, 0.5) is 0 Å². The lowest BCUT2D eigenvalue weighted by Crippen LogP contribution is -2.19. The molecular weight excluding hydrogens is 256 g/mol. The molecular formula is C15H18N2O3. The number of methoxy groups -OCH3 is 1. The summed E-state index contributed by atoms with van der Waals surface area (Å²) in [7, 11) is 1.33. The Balaban J connectivity index is 1.98. The third-order valence-corrected chi connectivity index (χ3v) is 3.13. The number of carbonyl (C=O) groups excluding carboxylic acids is 1. The summed E-state index contributed by atoms with van der Waals surface area (Å²) >= 11 is 0. The van der Waals surface area contributed by atoms with E-state index in [1.165, 1.54) is 7.11 Å². The molecule has 5 nitrogen and oxygen atoms in total. The van der Waals surface area contributed by atoms with Crippen LogP contribution in [0.25, 0.3) is 0 Å². The van der Waals surface area contributed by atoms with Gasteiger partial charge >= 0.3 is 5.97 Å². The van der Waals surface area contributed by atoms with Crippen molar-refractivity contribution < 1.29 is 13.9 Å². The molecule has 0 spiro atoms. The quantitative estimate of drug-likeness (QED) is 0.849. The molecule has 5 heteroatoms. The number of aryl methyl sites for hydroxylation is 1. The van der Waals surface area contributed by atoms with Gasteiger partial charge in [0.1, 0.15) is 5.76 Å². The minimum absolute atomic E-state index is 0.0187. The van der Waals surface area contributed by atoms with E-state index in [2.05, 4.69) is 15.0 Å². The molecule has 0 fully saturated rings. The molecule has 0 bridgehead atoms. The number of hydrogen-bond donors (Lipinski definition) is 1. The van der Waals surface area contributed by atoms with Crippen LogP contribution in [0, 0.1) is 6.92 Å². The van der Waals surface area contributed by atoms with Gasteiger partial charge in [0.2, 0.25) is 5.76 Å². The standard InChI is InChI=1S/C15H18N2O3/c1-10-5-4-8-16-12(10)9-17-11(2)13-6-7-14(20-13)15(18)19-3/h4-8,11,17H,9H2,1-3H3. The van der Waals surface area contributed by atoms with E-state index in [-0.39, 0.29) is 11.8 Å². The number of hydrogen-bond acceptors (Lipinski definition) is 5. The van der Waals surface area contributed by atoms with Crippen molar-refractivity contribution in [2.24, 2.45) is 0 Å². The van der Waals surface area contributed by atoms with Crippen LogP contribution in [-0.2, 0) is 11.3 Å². The van der Waals surface area contributed by atoms with Gasteiger partial charge in [-0.1, -0.05) is 6.07 Å². The second-order valence-corrected chi connectivity index (χ2v) is 4.56. The minimum Gasteiger partial charge on any atom is -0.463 e. The molecule has 106 valence electrons. The van der Waals surface area contributed by atoms with E-state index in [1.807, 2.05) is 26.0 Å². The molecule has 0 aliphatic carbocycles. The summed E-state index contributed by atoms with van der Waals surface area (Å²) in [5.74, 6) is 0.438. The lowest BCUT2D eigenvalue weighted by atomic mass is 10.2. The number of nitrogens with one attached hydrogen (secondary N) is 1. The smallest absolute Gasteiger partial charge is 0.373 e. The highest BCUT2D eigenvalue weighted by molar-refractivity contribution is 5.86. The summed E-state index contributed by atoms with van der Waals surface area (Å²) in [6.45, 7) is 4.64. The molecule has 0 radical (unpaired) electrons. The van der Waals surface area contributed by atoms with Crippen molar-refractivity contribution in [3.05, 3.63) is 53.2 Å². The second-order valence-electron chi connectivity index (χ2n) is 4.56. The molecule has 1 unspecified atom stereocenters. The molecule has 0 saturated heterocycles. The van der Waals surface area contributed by atoms with Crippen molar-refractivity contribution in [1.29, 1.82) is 0 Å². The van der Waals surface area contributed by atoms with Crippen molar-refractivity contribution >= 4 is 5.97 Å². The number of pyridine rings is 1. The number of ether oxygens (including phenoxy) is 1. The number of esters is 1. The molecule has 2 aromatic heterocycles. The fraction of sp³-hybridized carbons (Fsp3) is 0.333. The Kier molecular flexibility index (Phi) is 4.53. The molecule has 2 aromatic rings. The predicted molar refractivity (Wildman–Crippen MR) is 74.3 cm³/mol. The summed E-state index contributed by atoms with van der Waals surface area (Å²) in [6.07, 6.45) is 1.77. The maximum atomic E-state index is 11.3. The lowest BCUT2D eigenvalue weighted by molar-refractivity contribution is 0.0562. The van der Waals surface area contributed by atoms with Crippen LogP contribution in [-0.4, -0.2) is 18.1 Å². The van der Waals surface area contributed by atoms with E-state index < -0.39 is 5.97 Å². The third kappa shape index (κ3) is 3.24. The van der Waals surface area contributed by atoms with Gasteiger partial charge in [-0.05, 0) is 37.6 Å². The van der Waals surface area contributed by atoms with Gasteiger partial charge in [-0.3, -0.25) is 4.98 Å². The lowest BCUT2D eigenvalue weighted by Gasteiger charge is -2.12. The average molecular weight is 274 g/mol. The Bertz CT molecular complexity index is 592. The van der Waals surface area contributed by atoms with E-state index in [0.717, 1.165) is 11.3 Å². The fourth-order valence-electron chi connectivity index (χ4n) is 1.85. The van der Waals surface area contributed by atoms with E-state index in [0.29, 0.717) is 12.3 Å². The Morgan fingerprint density at radius 1 is 1.45 bits per heavy atom.